The summed E-state index contributed by atoms with van der Waals surface area (Å²) in [7, 11) is 0. The van der Waals surface area contributed by atoms with E-state index in [4.69, 9.17) is 4.74 Å². The van der Waals surface area contributed by atoms with Crippen molar-refractivity contribution < 1.29 is 13.9 Å². The standard InChI is InChI=1S/C14H19FN2O2/c1-10-9-12(3-4-13(10)15)16-11(2)14(18)17-5-7-19-8-6-17/h3-4,9,11,16H,5-8H2,1-2H3. The predicted molar refractivity (Wildman–Crippen MR) is 71.6 cm³/mol. The minimum Gasteiger partial charge on any atom is -0.378 e. The highest BCUT2D eigenvalue weighted by Crippen LogP contribution is 2.15. The predicted octanol–water partition coefficient (Wildman–Crippen LogP) is 1.79. The smallest absolute Gasteiger partial charge is 0.244 e. The molecule has 0 aliphatic carbocycles. The number of morpholine rings is 1. The largest absolute Gasteiger partial charge is 0.378 e. The summed E-state index contributed by atoms with van der Waals surface area (Å²) in [5, 5.41) is 3.11. The Morgan fingerprint density at radius 1 is 1.42 bits per heavy atom. The van der Waals surface area contributed by atoms with Crippen LogP contribution < -0.4 is 5.32 Å². The summed E-state index contributed by atoms with van der Waals surface area (Å²) in [4.78, 5) is 14.0. The van der Waals surface area contributed by atoms with Crippen molar-refractivity contribution in [1.29, 1.82) is 0 Å². The number of hydrogen-bond donors (Lipinski definition) is 1. The van der Waals surface area contributed by atoms with E-state index in [1.54, 1.807) is 24.0 Å². The van der Waals surface area contributed by atoms with Gasteiger partial charge in [-0.1, -0.05) is 0 Å². The third-order valence-electron chi connectivity index (χ3n) is 3.23. The van der Waals surface area contributed by atoms with Gasteiger partial charge in [0.25, 0.3) is 0 Å². The Labute approximate surface area is 112 Å². The molecule has 1 saturated heterocycles. The fourth-order valence-corrected chi connectivity index (χ4v) is 2.10. The summed E-state index contributed by atoms with van der Waals surface area (Å²) < 4.78 is 18.4. The molecule has 1 aromatic rings. The van der Waals surface area contributed by atoms with Gasteiger partial charge in [0.15, 0.2) is 0 Å². The summed E-state index contributed by atoms with van der Waals surface area (Å²) in [6, 6.07) is 4.43. The van der Waals surface area contributed by atoms with Gasteiger partial charge in [-0.05, 0) is 37.6 Å². The first-order valence-electron chi connectivity index (χ1n) is 6.47. The van der Waals surface area contributed by atoms with E-state index in [9.17, 15) is 9.18 Å². The number of halogens is 1. The molecule has 0 aromatic heterocycles. The van der Waals surface area contributed by atoms with Crippen LogP contribution in [0.4, 0.5) is 10.1 Å². The Kier molecular flexibility index (Phi) is 4.37. The van der Waals surface area contributed by atoms with Crippen LogP contribution in [0.25, 0.3) is 0 Å². The lowest BCUT2D eigenvalue weighted by molar-refractivity contribution is -0.135. The van der Waals surface area contributed by atoms with Crippen LogP contribution in [0.2, 0.25) is 0 Å². The highest BCUT2D eigenvalue weighted by atomic mass is 19.1. The molecule has 2 rings (SSSR count). The lowest BCUT2D eigenvalue weighted by Gasteiger charge is -2.29. The van der Waals surface area contributed by atoms with Gasteiger partial charge in [-0.25, -0.2) is 4.39 Å². The first-order chi connectivity index (χ1) is 9.08. The van der Waals surface area contributed by atoms with Crippen molar-refractivity contribution in [3.05, 3.63) is 29.6 Å². The molecule has 0 bridgehead atoms. The third-order valence-corrected chi connectivity index (χ3v) is 3.23. The molecule has 1 heterocycles. The lowest BCUT2D eigenvalue weighted by Crippen LogP contribution is -2.47. The van der Waals surface area contributed by atoms with Gasteiger partial charge >= 0.3 is 0 Å². The van der Waals surface area contributed by atoms with Crippen LogP contribution in [0.5, 0.6) is 0 Å². The molecule has 0 saturated carbocycles. The maximum Gasteiger partial charge on any atom is 0.244 e. The van der Waals surface area contributed by atoms with Crippen LogP contribution in [0, 0.1) is 12.7 Å². The number of hydrogen-bond acceptors (Lipinski definition) is 3. The summed E-state index contributed by atoms with van der Waals surface area (Å²) >= 11 is 0. The number of carbonyl (C=O) groups excluding carboxylic acids is 1. The Bertz CT molecular complexity index is 459. The molecule has 0 radical (unpaired) electrons. The number of aryl methyl sites for hydroxylation is 1. The van der Waals surface area contributed by atoms with Gasteiger partial charge in [0, 0.05) is 18.8 Å². The molecule has 1 unspecified atom stereocenters. The average molecular weight is 266 g/mol. The number of nitrogens with zero attached hydrogens (tertiary/aromatic N) is 1. The van der Waals surface area contributed by atoms with Crippen molar-refractivity contribution in [1.82, 2.24) is 4.90 Å². The molecule has 1 fully saturated rings. The number of nitrogens with one attached hydrogen (secondary N) is 1. The number of rotatable bonds is 3. The summed E-state index contributed by atoms with van der Waals surface area (Å²) in [6.45, 7) is 5.97. The fourth-order valence-electron chi connectivity index (χ4n) is 2.10. The van der Waals surface area contributed by atoms with Crippen LogP contribution in [-0.2, 0) is 9.53 Å². The van der Waals surface area contributed by atoms with Crippen molar-refractivity contribution in [2.75, 3.05) is 31.6 Å². The molecular weight excluding hydrogens is 247 g/mol. The van der Waals surface area contributed by atoms with Crippen LogP contribution in [0.15, 0.2) is 18.2 Å². The summed E-state index contributed by atoms with van der Waals surface area (Å²) in [5.74, 6) is -0.192. The number of anilines is 1. The molecule has 1 aromatic carbocycles. The average Bonchev–Trinajstić information content (AvgIpc) is 2.43. The molecule has 19 heavy (non-hydrogen) atoms. The Hall–Kier alpha value is -1.62. The molecule has 1 N–H and O–H groups in total. The van der Waals surface area contributed by atoms with Crippen molar-refractivity contribution in [2.24, 2.45) is 0 Å². The van der Waals surface area contributed by atoms with Gasteiger partial charge in [-0.15, -0.1) is 0 Å². The van der Waals surface area contributed by atoms with Gasteiger partial charge in [0.05, 0.1) is 13.2 Å². The Balaban J connectivity index is 1.97. The first-order valence-corrected chi connectivity index (χ1v) is 6.47. The first kappa shape index (κ1) is 13.8. The number of benzene rings is 1. The zero-order valence-electron chi connectivity index (χ0n) is 11.3. The van der Waals surface area contributed by atoms with Crippen LogP contribution in [-0.4, -0.2) is 43.2 Å². The second-order valence-electron chi connectivity index (χ2n) is 4.77. The van der Waals surface area contributed by atoms with Crippen molar-refractivity contribution in [3.63, 3.8) is 0 Å². The fraction of sp³-hybridized carbons (Fsp3) is 0.500. The van der Waals surface area contributed by atoms with E-state index >= 15 is 0 Å². The van der Waals surface area contributed by atoms with Crippen LogP contribution in [0.3, 0.4) is 0 Å². The van der Waals surface area contributed by atoms with E-state index < -0.39 is 0 Å². The molecule has 4 nitrogen and oxygen atoms in total. The monoisotopic (exact) mass is 266 g/mol. The molecule has 1 aliphatic heterocycles. The third kappa shape index (κ3) is 3.44. The van der Waals surface area contributed by atoms with Gasteiger partial charge in [-0.2, -0.15) is 0 Å². The van der Waals surface area contributed by atoms with Crippen molar-refractivity contribution in [2.45, 2.75) is 19.9 Å². The maximum absolute atomic E-state index is 13.2. The van der Waals surface area contributed by atoms with E-state index in [0.717, 1.165) is 5.69 Å². The van der Waals surface area contributed by atoms with Crippen LogP contribution in [0.1, 0.15) is 12.5 Å². The Morgan fingerprint density at radius 2 is 2.11 bits per heavy atom. The van der Waals surface area contributed by atoms with Crippen LogP contribution >= 0.6 is 0 Å². The summed E-state index contributed by atoms with van der Waals surface area (Å²) in [5.41, 5.74) is 1.32. The Morgan fingerprint density at radius 3 is 2.74 bits per heavy atom. The second-order valence-corrected chi connectivity index (χ2v) is 4.77. The molecule has 1 atom stereocenters. The van der Waals surface area contributed by atoms with E-state index in [2.05, 4.69) is 5.32 Å². The van der Waals surface area contributed by atoms with E-state index in [1.807, 2.05) is 6.92 Å². The molecule has 1 amide bonds. The summed E-state index contributed by atoms with van der Waals surface area (Å²) in [6.07, 6.45) is 0. The lowest BCUT2D eigenvalue weighted by atomic mass is 10.2. The van der Waals surface area contributed by atoms with E-state index in [0.29, 0.717) is 31.9 Å². The quantitative estimate of drug-likeness (QED) is 0.907. The zero-order valence-corrected chi connectivity index (χ0v) is 11.3. The molecule has 1 aliphatic rings. The van der Waals surface area contributed by atoms with E-state index in [-0.39, 0.29) is 17.8 Å². The minimum absolute atomic E-state index is 0.0466. The van der Waals surface area contributed by atoms with Gasteiger partial charge in [-0.3, -0.25) is 4.79 Å². The molecule has 0 spiro atoms. The van der Waals surface area contributed by atoms with Crippen molar-refractivity contribution >= 4 is 11.6 Å². The van der Waals surface area contributed by atoms with Gasteiger partial charge in [0.1, 0.15) is 11.9 Å². The topological polar surface area (TPSA) is 41.6 Å². The van der Waals surface area contributed by atoms with E-state index in [1.165, 1.54) is 6.07 Å². The maximum atomic E-state index is 13.2. The normalized spacial score (nSPS) is 17.1. The molecular formula is C14H19FN2O2. The molecule has 5 heteroatoms. The highest BCUT2D eigenvalue weighted by Gasteiger charge is 2.22. The minimum atomic E-state index is -0.331. The van der Waals surface area contributed by atoms with Gasteiger partial charge < -0.3 is 15.0 Å². The van der Waals surface area contributed by atoms with Gasteiger partial charge in [0.2, 0.25) is 5.91 Å². The highest BCUT2D eigenvalue weighted by molar-refractivity contribution is 5.84. The number of amides is 1. The second kappa shape index (κ2) is 6.02. The molecule has 104 valence electrons. The zero-order chi connectivity index (χ0) is 13.8. The number of carbonyl (C=O) groups is 1. The number of ether oxygens (including phenoxy) is 1. The SMILES string of the molecule is Cc1cc(NC(C)C(=O)N2CCOCC2)ccc1F. The van der Waals surface area contributed by atoms with Crippen molar-refractivity contribution in [3.8, 4) is 0 Å².